The smallest absolute Gasteiger partial charge is 0.223 e. The number of rotatable bonds is 5. The standard InChI is InChI=1S/C16H21N7/c1-9(2)20-15-14-10(4-13(7-17)21-15)8-19-16(23-14)22-12-5-11(6-12)18-3/h4,8-9,11-12,18H,5-6H2,1-3H3,(H,20,21)(H,19,22,23). The Hall–Kier alpha value is -2.46. The van der Waals surface area contributed by atoms with Gasteiger partial charge < -0.3 is 16.0 Å². The van der Waals surface area contributed by atoms with E-state index in [0.717, 1.165) is 23.7 Å². The van der Waals surface area contributed by atoms with Crippen LogP contribution >= 0.6 is 0 Å². The van der Waals surface area contributed by atoms with Crippen LogP contribution in [0.4, 0.5) is 11.8 Å². The van der Waals surface area contributed by atoms with Crippen molar-refractivity contribution in [1.82, 2.24) is 20.3 Å². The normalized spacial score (nSPS) is 20.1. The molecule has 0 aromatic carbocycles. The minimum atomic E-state index is 0.203. The zero-order valence-corrected chi connectivity index (χ0v) is 13.6. The van der Waals surface area contributed by atoms with Gasteiger partial charge in [-0.15, -0.1) is 0 Å². The molecule has 0 atom stereocenters. The molecule has 0 spiro atoms. The molecule has 3 N–H and O–H groups in total. The molecule has 23 heavy (non-hydrogen) atoms. The van der Waals surface area contributed by atoms with Crippen molar-refractivity contribution in [3.63, 3.8) is 0 Å². The summed E-state index contributed by atoms with van der Waals surface area (Å²) in [4.78, 5) is 13.3. The monoisotopic (exact) mass is 311 g/mol. The van der Waals surface area contributed by atoms with Crippen LogP contribution in [0, 0.1) is 11.3 Å². The van der Waals surface area contributed by atoms with Crippen molar-refractivity contribution in [1.29, 1.82) is 5.26 Å². The van der Waals surface area contributed by atoms with E-state index in [0.29, 0.717) is 29.5 Å². The third-order valence-corrected chi connectivity index (χ3v) is 3.99. The molecule has 0 amide bonds. The topological polar surface area (TPSA) is 98.5 Å². The van der Waals surface area contributed by atoms with Crippen molar-refractivity contribution >= 4 is 22.7 Å². The van der Waals surface area contributed by atoms with E-state index >= 15 is 0 Å². The number of hydrogen-bond donors (Lipinski definition) is 3. The van der Waals surface area contributed by atoms with E-state index in [-0.39, 0.29) is 6.04 Å². The number of hydrogen-bond acceptors (Lipinski definition) is 7. The van der Waals surface area contributed by atoms with Gasteiger partial charge in [0.25, 0.3) is 0 Å². The third kappa shape index (κ3) is 3.32. The van der Waals surface area contributed by atoms with Crippen LogP contribution in [0.1, 0.15) is 32.4 Å². The van der Waals surface area contributed by atoms with Crippen LogP contribution in [0.2, 0.25) is 0 Å². The molecule has 1 aliphatic carbocycles. The van der Waals surface area contributed by atoms with Gasteiger partial charge in [0.15, 0.2) is 5.82 Å². The number of nitriles is 1. The predicted molar refractivity (Wildman–Crippen MR) is 90.3 cm³/mol. The third-order valence-electron chi connectivity index (χ3n) is 3.99. The van der Waals surface area contributed by atoms with Gasteiger partial charge >= 0.3 is 0 Å². The van der Waals surface area contributed by atoms with E-state index < -0.39 is 0 Å². The van der Waals surface area contributed by atoms with Crippen LogP contribution in [0.5, 0.6) is 0 Å². The van der Waals surface area contributed by atoms with Crippen molar-refractivity contribution in [2.75, 3.05) is 17.7 Å². The highest BCUT2D eigenvalue weighted by atomic mass is 15.1. The lowest BCUT2D eigenvalue weighted by molar-refractivity contribution is 0.325. The number of pyridine rings is 1. The van der Waals surface area contributed by atoms with E-state index in [1.54, 1.807) is 12.3 Å². The second kappa shape index (κ2) is 6.34. The average molecular weight is 311 g/mol. The maximum atomic E-state index is 9.12. The lowest BCUT2D eigenvalue weighted by Crippen LogP contribution is -2.46. The van der Waals surface area contributed by atoms with Crippen molar-refractivity contribution < 1.29 is 0 Å². The number of nitrogens with zero attached hydrogens (tertiary/aromatic N) is 4. The van der Waals surface area contributed by atoms with Crippen molar-refractivity contribution in [3.05, 3.63) is 18.0 Å². The molecular formula is C16H21N7. The quantitative estimate of drug-likeness (QED) is 0.775. The maximum Gasteiger partial charge on any atom is 0.223 e. The summed E-state index contributed by atoms with van der Waals surface area (Å²) in [5.41, 5.74) is 1.10. The second-order valence-corrected chi connectivity index (χ2v) is 6.20. The number of fused-ring (bicyclic) bond motifs is 1. The Morgan fingerprint density at radius 1 is 1.26 bits per heavy atom. The Labute approximate surface area is 135 Å². The fourth-order valence-corrected chi connectivity index (χ4v) is 2.69. The molecule has 7 heteroatoms. The lowest BCUT2D eigenvalue weighted by atomic mass is 9.87. The summed E-state index contributed by atoms with van der Waals surface area (Å²) in [6, 6.07) is 4.97. The summed E-state index contributed by atoms with van der Waals surface area (Å²) >= 11 is 0. The molecule has 2 aromatic heterocycles. The Bertz CT molecular complexity index is 744. The summed E-state index contributed by atoms with van der Waals surface area (Å²) in [6.07, 6.45) is 3.88. The number of anilines is 2. The molecule has 0 aliphatic heterocycles. The zero-order chi connectivity index (χ0) is 16.4. The van der Waals surface area contributed by atoms with Gasteiger partial charge in [-0.1, -0.05) is 0 Å². The van der Waals surface area contributed by atoms with Gasteiger partial charge in [-0.3, -0.25) is 0 Å². The first kappa shape index (κ1) is 15.4. The summed E-state index contributed by atoms with van der Waals surface area (Å²) in [6.45, 7) is 4.05. The maximum absolute atomic E-state index is 9.12. The second-order valence-electron chi connectivity index (χ2n) is 6.20. The molecule has 0 bridgehead atoms. The Balaban J connectivity index is 1.89. The van der Waals surface area contributed by atoms with Crippen molar-refractivity contribution in [2.24, 2.45) is 0 Å². The first-order chi connectivity index (χ1) is 11.1. The molecule has 1 aliphatic rings. The van der Waals surface area contributed by atoms with Gasteiger partial charge in [0.1, 0.15) is 17.3 Å². The Morgan fingerprint density at radius 2 is 2.04 bits per heavy atom. The summed E-state index contributed by atoms with van der Waals surface area (Å²) in [5.74, 6) is 1.23. The molecule has 1 saturated carbocycles. The van der Waals surface area contributed by atoms with Gasteiger partial charge in [-0.2, -0.15) is 5.26 Å². The zero-order valence-electron chi connectivity index (χ0n) is 13.6. The average Bonchev–Trinajstić information content (AvgIpc) is 2.49. The molecule has 0 unspecified atom stereocenters. The number of nitrogens with one attached hydrogen (secondary N) is 3. The molecule has 2 heterocycles. The largest absolute Gasteiger partial charge is 0.366 e. The molecule has 120 valence electrons. The molecule has 1 fully saturated rings. The first-order valence-electron chi connectivity index (χ1n) is 7.87. The molecule has 0 radical (unpaired) electrons. The summed E-state index contributed by atoms with van der Waals surface area (Å²) in [5, 5.41) is 19.8. The fraction of sp³-hybridized carbons (Fsp3) is 0.500. The van der Waals surface area contributed by atoms with Gasteiger partial charge in [-0.05, 0) is 39.8 Å². The van der Waals surface area contributed by atoms with E-state index in [1.807, 2.05) is 20.9 Å². The summed E-state index contributed by atoms with van der Waals surface area (Å²) < 4.78 is 0. The summed E-state index contributed by atoms with van der Waals surface area (Å²) in [7, 11) is 1.98. The van der Waals surface area contributed by atoms with Crippen LogP contribution < -0.4 is 16.0 Å². The molecular weight excluding hydrogens is 290 g/mol. The fourth-order valence-electron chi connectivity index (χ4n) is 2.69. The van der Waals surface area contributed by atoms with Gasteiger partial charge in [-0.25, -0.2) is 15.0 Å². The Morgan fingerprint density at radius 3 is 2.70 bits per heavy atom. The highest BCUT2D eigenvalue weighted by Crippen LogP contribution is 2.25. The van der Waals surface area contributed by atoms with Crippen molar-refractivity contribution in [3.8, 4) is 6.07 Å². The minimum Gasteiger partial charge on any atom is -0.366 e. The van der Waals surface area contributed by atoms with Crippen LogP contribution in [-0.2, 0) is 0 Å². The lowest BCUT2D eigenvalue weighted by Gasteiger charge is -2.35. The predicted octanol–water partition coefficient (Wildman–Crippen LogP) is 1.88. The van der Waals surface area contributed by atoms with E-state index in [1.165, 1.54) is 0 Å². The molecule has 3 rings (SSSR count). The number of aromatic nitrogens is 3. The van der Waals surface area contributed by atoms with Crippen LogP contribution in [-0.4, -0.2) is 40.1 Å². The van der Waals surface area contributed by atoms with Crippen LogP contribution in [0.3, 0.4) is 0 Å². The van der Waals surface area contributed by atoms with E-state index in [2.05, 4.69) is 37.0 Å². The van der Waals surface area contributed by atoms with Gasteiger partial charge in [0.2, 0.25) is 5.95 Å². The first-order valence-corrected chi connectivity index (χ1v) is 7.87. The molecule has 7 nitrogen and oxygen atoms in total. The van der Waals surface area contributed by atoms with Crippen LogP contribution in [0.25, 0.3) is 10.9 Å². The minimum absolute atomic E-state index is 0.203. The highest BCUT2D eigenvalue weighted by Gasteiger charge is 2.28. The highest BCUT2D eigenvalue weighted by molar-refractivity contribution is 5.89. The molecule has 0 saturated heterocycles. The van der Waals surface area contributed by atoms with E-state index in [4.69, 9.17) is 5.26 Å². The van der Waals surface area contributed by atoms with Crippen molar-refractivity contribution in [2.45, 2.75) is 44.8 Å². The van der Waals surface area contributed by atoms with E-state index in [9.17, 15) is 0 Å². The SMILES string of the molecule is CNC1CC(Nc2ncc3cc(C#N)nc(NC(C)C)c3n2)C1. The van der Waals surface area contributed by atoms with Crippen LogP contribution in [0.15, 0.2) is 12.3 Å². The Kier molecular flexibility index (Phi) is 4.26. The van der Waals surface area contributed by atoms with Gasteiger partial charge in [0.05, 0.1) is 0 Å². The van der Waals surface area contributed by atoms with Gasteiger partial charge in [0, 0.05) is 29.7 Å². The molecule has 2 aromatic rings.